The molecule has 2 amide bonds. The van der Waals surface area contributed by atoms with E-state index in [1.807, 2.05) is 24.3 Å². The Morgan fingerprint density at radius 2 is 1.96 bits per heavy atom. The lowest BCUT2D eigenvalue weighted by Crippen LogP contribution is -2.53. The number of para-hydroxylation sites is 1. The van der Waals surface area contributed by atoms with E-state index in [0.717, 1.165) is 10.6 Å². The van der Waals surface area contributed by atoms with Gasteiger partial charge in [-0.2, -0.15) is 0 Å². The monoisotopic (exact) mass is 346 g/mol. The molecule has 3 rings (SSSR count). The molecule has 0 spiro atoms. The molecular weight excluding hydrogens is 332 g/mol. The molecule has 1 heterocycles. The van der Waals surface area contributed by atoms with Crippen LogP contribution in [0.15, 0.2) is 53.4 Å². The molecule has 0 fully saturated rings. The van der Waals surface area contributed by atoms with Gasteiger partial charge in [0, 0.05) is 22.7 Å². The fourth-order valence-corrected chi connectivity index (χ4v) is 3.93. The van der Waals surface area contributed by atoms with E-state index in [1.165, 1.54) is 16.7 Å². The molecule has 1 aliphatic rings. The van der Waals surface area contributed by atoms with Gasteiger partial charge in [0.2, 0.25) is 5.91 Å². The lowest BCUT2D eigenvalue weighted by molar-refractivity contribution is -0.128. The molecule has 1 atom stereocenters. The summed E-state index contributed by atoms with van der Waals surface area (Å²) >= 11 is 7.20. The molecule has 1 unspecified atom stereocenters. The van der Waals surface area contributed by atoms with Crippen LogP contribution in [0.1, 0.15) is 6.92 Å². The van der Waals surface area contributed by atoms with Crippen molar-refractivity contribution >= 4 is 46.6 Å². The number of fused-ring (bicyclic) bond motifs is 1. The summed E-state index contributed by atoms with van der Waals surface area (Å²) in [6.07, 6.45) is 0. The van der Waals surface area contributed by atoms with E-state index >= 15 is 0 Å². The molecule has 0 aromatic heterocycles. The van der Waals surface area contributed by atoms with Crippen molar-refractivity contribution in [3.05, 3.63) is 53.6 Å². The van der Waals surface area contributed by atoms with Crippen LogP contribution >= 0.6 is 23.4 Å². The number of anilines is 2. The second-order valence-electron chi connectivity index (χ2n) is 5.43. The molecule has 0 aliphatic carbocycles. The van der Waals surface area contributed by atoms with Gasteiger partial charge in [0.1, 0.15) is 0 Å². The largest absolute Gasteiger partial charge is 0.324 e. The number of hydrogen-bond acceptors (Lipinski definition) is 3. The highest BCUT2D eigenvalue weighted by atomic mass is 35.5. The molecule has 0 saturated carbocycles. The van der Waals surface area contributed by atoms with E-state index in [4.69, 9.17) is 11.6 Å². The molecule has 2 aromatic carbocycles. The Kier molecular flexibility index (Phi) is 4.08. The first-order valence-corrected chi connectivity index (χ1v) is 8.24. The topological polar surface area (TPSA) is 49.4 Å². The van der Waals surface area contributed by atoms with Crippen molar-refractivity contribution < 1.29 is 9.59 Å². The lowest BCUT2D eigenvalue weighted by atomic mass is 10.1. The third-order valence-corrected chi connectivity index (χ3v) is 5.34. The number of nitrogens with zero attached hydrogens (tertiary/aromatic N) is 1. The number of rotatable bonds is 2. The third-order valence-electron chi connectivity index (χ3n) is 3.77. The Morgan fingerprint density at radius 1 is 1.22 bits per heavy atom. The first-order valence-electron chi connectivity index (χ1n) is 7.05. The summed E-state index contributed by atoms with van der Waals surface area (Å²) in [5, 5.41) is 3.31. The molecule has 6 heteroatoms. The van der Waals surface area contributed by atoms with Crippen LogP contribution in [0.4, 0.5) is 11.4 Å². The van der Waals surface area contributed by atoms with Gasteiger partial charge in [-0.25, -0.2) is 0 Å². The van der Waals surface area contributed by atoms with E-state index in [1.54, 1.807) is 38.2 Å². The summed E-state index contributed by atoms with van der Waals surface area (Å²) in [6.45, 7) is 1.65. The molecule has 23 heavy (non-hydrogen) atoms. The summed E-state index contributed by atoms with van der Waals surface area (Å²) in [5.74, 6) is -0.614. The SMILES string of the molecule is CN1C(=O)C(C)(C(=O)Nc2cccc(Cl)c2)Sc2ccccc21. The Balaban J connectivity index is 1.92. The average molecular weight is 347 g/mol. The quantitative estimate of drug-likeness (QED) is 0.841. The normalized spacial score (nSPS) is 20.1. The maximum absolute atomic E-state index is 12.7. The molecule has 118 valence electrons. The van der Waals surface area contributed by atoms with E-state index in [2.05, 4.69) is 5.32 Å². The molecule has 4 nitrogen and oxygen atoms in total. The molecular formula is C17H15ClN2O2S. The number of carbonyl (C=O) groups excluding carboxylic acids is 2. The maximum atomic E-state index is 12.7. The molecule has 1 N–H and O–H groups in total. The van der Waals surface area contributed by atoms with Crippen molar-refractivity contribution in [3.8, 4) is 0 Å². The van der Waals surface area contributed by atoms with Crippen LogP contribution in [0.5, 0.6) is 0 Å². The van der Waals surface area contributed by atoms with Crippen LogP contribution in [0.25, 0.3) is 0 Å². The molecule has 0 saturated heterocycles. The number of thioether (sulfide) groups is 1. The fraction of sp³-hybridized carbons (Fsp3) is 0.176. The van der Waals surface area contributed by atoms with Crippen molar-refractivity contribution in [3.63, 3.8) is 0 Å². The summed E-state index contributed by atoms with van der Waals surface area (Å²) in [4.78, 5) is 27.9. The van der Waals surface area contributed by atoms with Gasteiger partial charge < -0.3 is 10.2 Å². The van der Waals surface area contributed by atoms with Gasteiger partial charge >= 0.3 is 0 Å². The standard InChI is InChI=1S/C17H15ClN2O2S/c1-17(15(21)19-12-7-5-6-11(18)10-12)16(22)20(2)13-8-3-4-9-14(13)23-17/h3-10H,1-2H3,(H,19,21). The van der Waals surface area contributed by atoms with Gasteiger partial charge in [-0.15, -0.1) is 0 Å². The summed E-state index contributed by atoms with van der Waals surface area (Å²) < 4.78 is -1.23. The zero-order chi connectivity index (χ0) is 16.6. The van der Waals surface area contributed by atoms with Crippen molar-refractivity contribution in [1.29, 1.82) is 0 Å². The van der Waals surface area contributed by atoms with Gasteiger partial charge in [0.05, 0.1) is 5.69 Å². The van der Waals surface area contributed by atoms with Crippen molar-refractivity contribution in [2.45, 2.75) is 16.6 Å². The summed E-state index contributed by atoms with van der Waals surface area (Å²) in [6, 6.07) is 14.4. The first kappa shape index (κ1) is 15.9. The van der Waals surface area contributed by atoms with Crippen LogP contribution in [0.3, 0.4) is 0 Å². The Labute approximate surface area is 143 Å². The summed E-state index contributed by atoms with van der Waals surface area (Å²) in [7, 11) is 1.69. The second kappa shape index (κ2) is 5.91. The van der Waals surface area contributed by atoms with Gasteiger partial charge in [0.15, 0.2) is 4.75 Å². The van der Waals surface area contributed by atoms with Crippen molar-refractivity contribution in [1.82, 2.24) is 0 Å². The number of amides is 2. The zero-order valence-corrected chi connectivity index (χ0v) is 14.2. The second-order valence-corrected chi connectivity index (χ2v) is 7.33. The van der Waals surface area contributed by atoms with Gasteiger partial charge in [0.25, 0.3) is 5.91 Å². The number of nitrogens with one attached hydrogen (secondary N) is 1. The first-order chi connectivity index (χ1) is 10.9. The number of halogens is 1. The molecule has 0 radical (unpaired) electrons. The minimum Gasteiger partial charge on any atom is -0.324 e. The van der Waals surface area contributed by atoms with E-state index < -0.39 is 4.75 Å². The van der Waals surface area contributed by atoms with Crippen LogP contribution in [-0.2, 0) is 9.59 Å². The molecule has 1 aliphatic heterocycles. The highest BCUT2D eigenvalue weighted by molar-refractivity contribution is 8.02. The van der Waals surface area contributed by atoms with Crippen LogP contribution < -0.4 is 10.2 Å². The fourth-order valence-electron chi connectivity index (χ4n) is 2.47. The van der Waals surface area contributed by atoms with Crippen LogP contribution in [0, 0.1) is 0 Å². The zero-order valence-electron chi connectivity index (χ0n) is 12.7. The van der Waals surface area contributed by atoms with E-state index in [9.17, 15) is 9.59 Å². The minimum atomic E-state index is -1.23. The average Bonchev–Trinajstić information content (AvgIpc) is 2.53. The van der Waals surface area contributed by atoms with Gasteiger partial charge in [-0.1, -0.05) is 41.6 Å². The number of hydrogen-bond donors (Lipinski definition) is 1. The lowest BCUT2D eigenvalue weighted by Gasteiger charge is -2.36. The van der Waals surface area contributed by atoms with Crippen molar-refractivity contribution in [2.24, 2.45) is 0 Å². The van der Waals surface area contributed by atoms with E-state index in [0.29, 0.717) is 10.7 Å². The predicted octanol–water partition coefficient (Wildman–Crippen LogP) is 3.81. The van der Waals surface area contributed by atoms with E-state index in [-0.39, 0.29) is 11.8 Å². The Hall–Kier alpha value is -1.98. The molecule has 2 aromatic rings. The minimum absolute atomic E-state index is 0.249. The molecule has 0 bridgehead atoms. The predicted molar refractivity (Wildman–Crippen MR) is 94.2 cm³/mol. The maximum Gasteiger partial charge on any atom is 0.252 e. The third kappa shape index (κ3) is 2.82. The number of benzene rings is 2. The smallest absolute Gasteiger partial charge is 0.252 e. The summed E-state index contributed by atoms with van der Waals surface area (Å²) in [5.41, 5.74) is 1.38. The van der Waals surface area contributed by atoms with Gasteiger partial charge in [-0.3, -0.25) is 9.59 Å². The Morgan fingerprint density at radius 3 is 2.70 bits per heavy atom. The van der Waals surface area contributed by atoms with Crippen LogP contribution in [-0.4, -0.2) is 23.6 Å². The number of carbonyl (C=O) groups is 2. The highest BCUT2D eigenvalue weighted by Crippen LogP contribution is 2.45. The van der Waals surface area contributed by atoms with Crippen LogP contribution in [0.2, 0.25) is 5.02 Å². The van der Waals surface area contributed by atoms with Gasteiger partial charge in [-0.05, 0) is 37.3 Å². The Bertz CT molecular complexity index is 796. The highest BCUT2D eigenvalue weighted by Gasteiger charge is 2.48. The van der Waals surface area contributed by atoms with Crippen molar-refractivity contribution in [2.75, 3.05) is 17.3 Å².